The average Bonchev–Trinajstić information content (AvgIpc) is 2.65. The van der Waals surface area contributed by atoms with E-state index in [-0.39, 0.29) is 24.9 Å². The Kier molecular flexibility index (Phi) is 5.76. The Morgan fingerprint density at radius 1 is 1.04 bits per heavy atom. The first kappa shape index (κ1) is 18.5. The maximum Gasteiger partial charge on any atom is 0.258 e. The highest BCUT2D eigenvalue weighted by molar-refractivity contribution is 5.77. The van der Waals surface area contributed by atoms with Crippen molar-refractivity contribution in [3.05, 3.63) is 77.5 Å². The minimum Gasteiger partial charge on any atom is -0.484 e. The highest BCUT2D eigenvalue weighted by atomic mass is 19.1. The van der Waals surface area contributed by atoms with Gasteiger partial charge in [0, 0.05) is 5.56 Å². The van der Waals surface area contributed by atoms with Crippen LogP contribution in [0.15, 0.2) is 54.9 Å². The Labute approximate surface area is 157 Å². The van der Waals surface area contributed by atoms with E-state index in [1.54, 1.807) is 18.2 Å². The molecule has 0 aliphatic rings. The molecule has 0 saturated carbocycles. The van der Waals surface area contributed by atoms with E-state index in [9.17, 15) is 9.18 Å². The van der Waals surface area contributed by atoms with Crippen LogP contribution in [-0.2, 0) is 11.3 Å². The second-order valence-electron chi connectivity index (χ2n) is 6.29. The summed E-state index contributed by atoms with van der Waals surface area (Å²) in [5, 5.41) is 2.77. The van der Waals surface area contributed by atoms with E-state index in [1.807, 2.05) is 32.0 Å². The quantitative estimate of drug-likeness (QED) is 0.725. The summed E-state index contributed by atoms with van der Waals surface area (Å²) in [6.45, 7) is 4.14. The molecule has 0 unspecified atom stereocenters. The third-order valence-corrected chi connectivity index (χ3v) is 3.90. The molecule has 1 amide bonds. The Morgan fingerprint density at radius 3 is 2.44 bits per heavy atom. The van der Waals surface area contributed by atoms with E-state index < -0.39 is 0 Å². The van der Waals surface area contributed by atoms with Crippen LogP contribution in [-0.4, -0.2) is 22.5 Å². The first-order chi connectivity index (χ1) is 13.0. The van der Waals surface area contributed by atoms with E-state index in [2.05, 4.69) is 15.3 Å². The number of rotatable bonds is 6. The number of carbonyl (C=O) groups excluding carboxylic acids is 1. The number of aromatic nitrogens is 2. The van der Waals surface area contributed by atoms with Gasteiger partial charge in [-0.1, -0.05) is 6.07 Å². The van der Waals surface area contributed by atoms with E-state index >= 15 is 0 Å². The first-order valence-corrected chi connectivity index (χ1v) is 8.54. The molecule has 5 nitrogen and oxygen atoms in total. The number of carbonyl (C=O) groups is 1. The fraction of sp³-hybridized carbons (Fsp3) is 0.190. The van der Waals surface area contributed by atoms with Gasteiger partial charge in [0.05, 0.1) is 17.9 Å². The lowest BCUT2D eigenvalue weighted by atomic mass is 10.1. The largest absolute Gasteiger partial charge is 0.484 e. The zero-order chi connectivity index (χ0) is 19.2. The van der Waals surface area contributed by atoms with E-state index in [1.165, 1.54) is 18.5 Å². The number of amides is 1. The summed E-state index contributed by atoms with van der Waals surface area (Å²) in [7, 11) is 0. The third-order valence-electron chi connectivity index (χ3n) is 3.90. The molecular formula is C21H20FN3O2. The second-order valence-corrected chi connectivity index (χ2v) is 6.29. The van der Waals surface area contributed by atoms with Gasteiger partial charge in [0.2, 0.25) is 0 Å². The summed E-state index contributed by atoms with van der Waals surface area (Å²) in [6.07, 6.45) is 1.42. The molecule has 0 aliphatic carbocycles. The zero-order valence-corrected chi connectivity index (χ0v) is 15.2. The lowest BCUT2D eigenvalue weighted by molar-refractivity contribution is -0.123. The van der Waals surface area contributed by atoms with Crippen molar-refractivity contribution in [2.75, 3.05) is 6.61 Å². The number of hydrogen-bond acceptors (Lipinski definition) is 4. The Morgan fingerprint density at radius 2 is 1.74 bits per heavy atom. The van der Waals surface area contributed by atoms with Gasteiger partial charge in [-0.2, -0.15) is 0 Å². The molecule has 2 aromatic carbocycles. The smallest absolute Gasteiger partial charge is 0.258 e. The fourth-order valence-electron chi connectivity index (χ4n) is 2.68. The van der Waals surface area contributed by atoms with Gasteiger partial charge in [-0.25, -0.2) is 14.4 Å². The van der Waals surface area contributed by atoms with Gasteiger partial charge < -0.3 is 10.1 Å². The van der Waals surface area contributed by atoms with Gasteiger partial charge in [-0.3, -0.25) is 4.79 Å². The summed E-state index contributed by atoms with van der Waals surface area (Å²) in [6, 6.07) is 13.6. The van der Waals surface area contributed by atoms with Crippen LogP contribution < -0.4 is 10.1 Å². The highest BCUT2D eigenvalue weighted by Crippen LogP contribution is 2.18. The van der Waals surface area contributed by atoms with Crippen LogP contribution in [0.4, 0.5) is 4.39 Å². The molecule has 6 heteroatoms. The number of nitrogens with zero attached hydrogens (tertiary/aromatic N) is 2. The molecule has 0 bridgehead atoms. The topological polar surface area (TPSA) is 64.1 Å². The van der Waals surface area contributed by atoms with Crippen molar-refractivity contribution in [1.29, 1.82) is 0 Å². The van der Waals surface area contributed by atoms with Crippen LogP contribution in [0.3, 0.4) is 0 Å². The van der Waals surface area contributed by atoms with E-state index in [4.69, 9.17) is 4.74 Å². The normalized spacial score (nSPS) is 10.5. The maximum absolute atomic E-state index is 13.0. The van der Waals surface area contributed by atoms with E-state index in [0.717, 1.165) is 16.7 Å². The summed E-state index contributed by atoms with van der Waals surface area (Å²) in [5.41, 5.74) is 4.27. The first-order valence-electron chi connectivity index (χ1n) is 8.54. The lowest BCUT2D eigenvalue weighted by Gasteiger charge is -2.09. The van der Waals surface area contributed by atoms with Crippen LogP contribution in [0.5, 0.6) is 5.75 Å². The van der Waals surface area contributed by atoms with Crippen LogP contribution >= 0.6 is 0 Å². The number of ether oxygens (including phenoxy) is 1. The second kappa shape index (κ2) is 8.40. The number of hydrogen-bond donors (Lipinski definition) is 1. The zero-order valence-electron chi connectivity index (χ0n) is 15.2. The van der Waals surface area contributed by atoms with E-state index in [0.29, 0.717) is 17.1 Å². The average molecular weight is 365 g/mol. The summed E-state index contributed by atoms with van der Waals surface area (Å²) in [4.78, 5) is 20.4. The maximum atomic E-state index is 13.0. The Hall–Kier alpha value is -3.28. The molecule has 0 saturated heterocycles. The van der Waals surface area contributed by atoms with Gasteiger partial charge in [0.1, 0.15) is 17.9 Å². The Bertz CT molecular complexity index is 922. The number of nitrogens with one attached hydrogen (secondary N) is 1. The minimum atomic E-state index is -0.302. The van der Waals surface area contributed by atoms with Crippen LogP contribution in [0, 0.1) is 19.7 Å². The van der Waals surface area contributed by atoms with Crippen molar-refractivity contribution >= 4 is 5.91 Å². The monoisotopic (exact) mass is 365 g/mol. The summed E-state index contributed by atoms with van der Waals surface area (Å²) < 4.78 is 18.6. The molecule has 1 heterocycles. The standard InChI is InChI=1S/C21H20FN3O2/c1-14-7-15(2)9-19(8-14)27-12-21(26)23-11-18-10-20(25-13-24-18)16-3-5-17(22)6-4-16/h3-10,13H,11-12H2,1-2H3,(H,23,26). The van der Waals surface area contributed by atoms with Crippen molar-refractivity contribution in [1.82, 2.24) is 15.3 Å². The molecule has 27 heavy (non-hydrogen) atoms. The summed E-state index contributed by atoms with van der Waals surface area (Å²) >= 11 is 0. The SMILES string of the molecule is Cc1cc(C)cc(OCC(=O)NCc2cc(-c3ccc(F)cc3)ncn2)c1. The molecular weight excluding hydrogens is 345 g/mol. The molecule has 0 radical (unpaired) electrons. The minimum absolute atomic E-state index is 0.0706. The lowest BCUT2D eigenvalue weighted by Crippen LogP contribution is -2.28. The van der Waals surface area contributed by atoms with Crippen molar-refractivity contribution in [2.24, 2.45) is 0 Å². The molecule has 0 spiro atoms. The number of halogens is 1. The van der Waals surface area contributed by atoms with Gasteiger partial charge in [-0.15, -0.1) is 0 Å². The molecule has 138 valence electrons. The predicted molar refractivity (Wildman–Crippen MR) is 101 cm³/mol. The van der Waals surface area contributed by atoms with Crippen molar-refractivity contribution in [2.45, 2.75) is 20.4 Å². The van der Waals surface area contributed by atoms with Crippen molar-refractivity contribution < 1.29 is 13.9 Å². The molecule has 1 aromatic heterocycles. The predicted octanol–water partition coefficient (Wildman–Crippen LogP) is 3.59. The van der Waals surface area contributed by atoms with Crippen LogP contribution in [0.2, 0.25) is 0 Å². The van der Waals surface area contributed by atoms with Gasteiger partial charge >= 0.3 is 0 Å². The van der Waals surface area contributed by atoms with Crippen LogP contribution in [0.1, 0.15) is 16.8 Å². The molecule has 0 aliphatic heterocycles. The number of aryl methyl sites for hydroxylation is 2. The van der Waals surface area contributed by atoms with Crippen LogP contribution in [0.25, 0.3) is 11.3 Å². The molecule has 0 fully saturated rings. The summed E-state index contributed by atoms with van der Waals surface area (Å²) in [5.74, 6) is 0.128. The highest BCUT2D eigenvalue weighted by Gasteiger charge is 2.06. The van der Waals surface area contributed by atoms with Crippen molar-refractivity contribution in [3.63, 3.8) is 0 Å². The van der Waals surface area contributed by atoms with Gasteiger partial charge in [0.15, 0.2) is 6.61 Å². The fourth-order valence-corrected chi connectivity index (χ4v) is 2.68. The third kappa shape index (κ3) is 5.34. The molecule has 3 rings (SSSR count). The molecule has 3 aromatic rings. The number of benzene rings is 2. The molecule has 1 N–H and O–H groups in total. The Balaban J connectivity index is 1.55. The molecule has 0 atom stereocenters. The van der Waals surface area contributed by atoms with Gasteiger partial charge in [-0.05, 0) is 67.4 Å². The van der Waals surface area contributed by atoms with Crippen molar-refractivity contribution in [3.8, 4) is 17.0 Å². The van der Waals surface area contributed by atoms with Gasteiger partial charge in [0.25, 0.3) is 5.91 Å².